The molecular formula is C28H33N3O4. The Bertz CT molecular complexity index is 1120. The lowest BCUT2D eigenvalue weighted by molar-refractivity contribution is -0.0606. The van der Waals surface area contributed by atoms with Crippen molar-refractivity contribution in [3.8, 4) is 23.3 Å². The summed E-state index contributed by atoms with van der Waals surface area (Å²) in [4.78, 5) is 19.9. The van der Waals surface area contributed by atoms with Gasteiger partial charge in [-0.1, -0.05) is 24.0 Å². The van der Waals surface area contributed by atoms with Gasteiger partial charge in [0.25, 0.3) is 5.91 Å². The lowest BCUT2D eigenvalue weighted by Gasteiger charge is -2.57. The highest BCUT2D eigenvalue weighted by atomic mass is 16.7. The molecule has 2 saturated heterocycles. The van der Waals surface area contributed by atoms with Crippen LogP contribution in [0.2, 0.25) is 0 Å². The van der Waals surface area contributed by atoms with Crippen molar-refractivity contribution >= 4 is 5.91 Å². The summed E-state index contributed by atoms with van der Waals surface area (Å²) in [5.41, 5.74) is 2.81. The number of nitrogens with zero attached hydrogens (tertiary/aromatic N) is 3. The van der Waals surface area contributed by atoms with Gasteiger partial charge in [0, 0.05) is 42.2 Å². The Morgan fingerprint density at radius 2 is 1.86 bits per heavy atom. The molecule has 5 rings (SSSR count). The third-order valence-corrected chi connectivity index (χ3v) is 7.20. The molecule has 0 aromatic heterocycles. The first kappa shape index (κ1) is 23.7. The molecule has 0 bridgehead atoms. The number of fused-ring (bicyclic) bond motifs is 2. The molecule has 0 radical (unpaired) electrons. The summed E-state index contributed by atoms with van der Waals surface area (Å²) in [6, 6.07) is 14.1. The van der Waals surface area contributed by atoms with Gasteiger partial charge in [-0.05, 0) is 69.4 Å². The number of aliphatic hydroxyl groups is 1. The zero-order valence-electron chi connectivity index (χ0n) is 20.4. The van der Waals surface area contributed by atoms with Gasteiger partial charge in [0.2, 0.25) is 6.79 Å². The fourth-order valence-corrected chi connectivity index (χ4v) is 5.43. The number of amides is 1. The summed E-state index contributed by atoms with van der Waals surface area (Å²) in [7, 11) is 4.01. The number of ether oxygens (including phenoxy) is 2. The zero-order valence-corrected chi connectivity index (χ0v) is 20.4. The van der Waals surface area contributed by atoms with Gasteiger partial charge in [-0.2, -0.15) is 0 Å². The highest BCUT2D eigenvalue weighted by molar-refractivity contribution is 5.95. The zero-order chi connectivity index (χ0) is 24.4. The van der Waals surface area contributed by atoms with Gasteiger partial charge in [0.1, 0.15) is 0 Å². The summed E-state index contributed by atoms with van der Waals surface area (Å²) in [6.45, 7) is 3.35. The van der Waals surface area contributed by atoms with Crippen molar-refractivity contribution < 1.29 is 19.4 Å². The molecule has 0 unspecified atom stereocenters. The van der Waals surface area contributed by atoms with Crippen LogP contribution < -0.4 is 9.47 Å². The minimum absolute atomic E-state index is 0.0165. The molecule has 3 heterocycles. The van der Waals surface area contributed by atoms with Crippen molar-refractivity contribution in [2.75, 3.05) is 53.7 Å². The largest absolute Gasteiger partial charge is 0.454 e. The van der Waals surface area contributed by atoms with Crippen LogP contribution in [0.3, 0.4) is 0 Å². The maximum Gasteiger partial charge on any atom is 0.254 e. The Morgan fingerprint density at radius 3 is 2.63 bits per heavy atom. The average molecular weight is 476 g/mol. The van der Waals surface area contributed by atoms with E-state index >= 15 is 0 Å². The number of rotatable bonds is 4. The Labute approximate surface area is 207 Å². The number of hydrogen-bond acceptors (Lipinski definition) is 6. The van der Waals surface area contributed by atoms with Gasteiger partial charge in [0.05, 0.1) is 13.2 Å². The van der Waals surface area contributed by atoms with Gasteiger partial charge in [-0.15, -0.1) is 0 Å². The molecule has 3 atom stereocenters. The summed E-state index contributed by atoms with van der Waals surface area (Å²) in [5.74, 6) is 7.88. The summed E-state index contributed by atoms with van der Waals surface area (Å²) < 4.78 is 10.9. The molecule has 3 aliphatic rings. The van der Waals surface area contributed by atoms with Crippen molar-refractivity contribution in [3.63, 3.8) is 0 Å². The lowest BCUT2D eigenvalue weighted by Crippen LogP contribution is -2.67. The molecule has 1 amide bonds. The summed E-state index contributed by atoms with van der Waals surface area (Å²) >= 11 is 0. The van der Waals surface area contributed by atoms with Crippen molar-refractivity contribution in [2.24, 2.45) is 0 Å². The number of hydrogen-bond donors (Lipinski definition) is 1. The minimum atomic E-state index is 0.0165. The van der Waals surface area contributed by atoms with Gasteiger partial charge in [0.15, 0.2) is 11.5 Å². The van der Waals surface area contributed by atoms with Crippen LogP contribution in [0.25, 0.3) is 0 Å². The van der Waals surface area contributed by atoms with Crippen LogP contribution in [0, 0.1) is 11.8 Å². The van der Waals surface area contributed by atoms with Gasteiger partial charge < -0.3 is 19.5 Å². The van der Waals surface area contributed by atoms with Crippen LogP contribution in [-0.2, 0) is 0 Å². The molecule has 0 spiro atoms. The quantitative estimate of drug-likeness (QED) is 0.686. The van der Waals surface area contributed by atoms with Crippen molar-refractivity contribution in [3.05, 3.63) is 59.2 Å². The number of aliphatic hydroxyl groups excluding tert-OH is 1. The third-order valence-electron chi connectivity index (χ3n) is 7.20. The summed E-state index contributed by atoms with van der Waals surface area (Å²) in [5, 5.41) is 10.2. The molecule has 2 aromatic rings. The average Bonchev–Trinajstić information content (AvgIpc) is 3.31. The Kier molecular flexibility index (Phi) is 6.96. The molecular weight excluding hydrogens is 442 g/mol. The van der Waals surface area contributed by atoms with Crippen LogP contribution in [0.1, 0.15) is 40.2 Å². The van der Waals surface area contributed by atoms with Crippen molar-refractivity contribution in [1.29, 1.82) is 0 Å². The highest BCUT2D eigenvalue weighted by Crippen LogP contribution is 2.42. The second-order valence-electron chi connectivity index (χ2n) is 9.77. The Morgan fingerprint density at radius 1 is 1.09 bits per heavy atom. The van der Waals surface area contributed by atoms with E-state index in [1.54, 1.807) is 6.07 Å². The molecule has 184 valence electrons. The van der Waals surface area contributed by atoms with E-state index < -0.39 is 0 Å². The molecule has 7 heteroatoms. The van der Waals surface area contributed by atoms with E-state index in [-0.39, 0.29) is 37.3 Å². The van der Waals surface area contributed by atoms with Gasteiger partial charge >= 0.3 is 0 Å². The third kappa shape index (κ3) is 4.87. The van der Waals surface area contributed by atoms with E-state index in [0.29, 0.717) is 23.6 Å². The minimum Gasteiger partial charge on any atom is -0.454 e. The standard InChI is InChI=1S/C28H33N3O4/c1-29(2)13-5-6-20-7-9-21(10-8-20)27-23-17-30(14-3-4-15-31(23)24(27)18-32)28(33)22-11-12-25-26(16-22)35-19-34-25/h7-12,16,23-24,27,32H,3-4,13-15,17-19H2,1-2H3/t23-,24-,27+/m0/s1. The van der Waals surface area contributed by atoms with Crippen LogP contribution in [0.5, 0.6) is 11.5 Å². The van der Waals surface area contributed by atoms with Gasteiger partial charge in [-0.3, -0.25) is 14.6 Å². The van der Waals surface area contributed by atoms with E-state index in [0.717, 1.165) is 38.0 Å². The number of carbonyl (C=O) groups is 1. The first-order chi connectivity index (χ1) is 17.0. The predicted octanol–water partition coefficient (Wildman–Crippen LogP) is 2.39. The first-order valence-electron chi connectivity index (χ1n) is 12.3. The van der Waals surface area contributed by atoms with E-state index in [1.807, 2.05) is 36.0 Å². The van der Waals surface area contributed by atoms with E-state index in [9.17, 15) is 9.90 Å². The van der Waals surface area contributed by atoms with Crippen LogP contribution in [-0.4, -0.2) is 91.5 Å². The highest BCUT2D eigenvalue weighted by Gasteiger charge is 2.49. The Balaban J connectivity index is 1.34. The molecule has 0 aliphatic carbocycles. The molecule has 0 saturated carbocycles. The molecule has 1 N–H and O–H groups in total. The van der Waals surface area contributed by atoms with E-state index in [1.165, 1.54) is 5.56 Å². The van der Waals surface area contributed by atoms with Crippen molar-refractivity contribution in [1.82, 2.24) is 14.7 Å². The van der Waals surface area contributed by atoms with Crippen LogP contribution >= 0.6 is 0 Å². The molecule has 7 nitrogen and oxygen atoms in total. The number of carbonyl (C=O) groups excluding carboxylic acids is 1. The predicted molar refractivity (Wildman–Crippen MR) is 134 cm³/mol. The van der Waals surface area contributed by atoms with E-state index in [4.69, 9.17) is 9.47 Å². The normalized spacial score (nSPS) is 23.5. The van der Waals surface area contributed by atoms with Crippen LogP contribution in [0.15, 0.2) is 42.5 Å². The Hall–Kier alpha value is -3.05. The topological polar surface area (TPSA) is 65.5 Å². The second kappa shape index (κ2) is 10.3. The monoisotopic (exact) mass is 475 g/mol. The summed E-state index contributed by atoms with van der Waals surface area (Å²) in [6.07, 6.45) is 1.95. The fourth-order valence-electron chi connectivity index (χ4n) is 5.43. The van der Waals surface area contributed by atoms with Crippen LogP contribution in [0.4, 0.5) is 0 Å². The molecule has 3 aliphatic heterocycles. The second-order valence-corrected chi connectivity index (χ2v) is 9.77. The maximum absolute atomic E-state index is 13.5. The molecule has 35 heavy (non-hydrogen) atoms. The van der Waals surface area contributed by atoms with E-state index in [2.05, 4.69) is 41.0 Å². The molecule has 2 fully saturated rings. The maximum atomic E-state index is 13.5. The number of benzene rings is 2. The first-order valence-corrected chi connectivity index (χ1v) is 12.3. The smallest absolute Gasteiger partial charge is 0.254 e. The SMILES string of the molecule is CN(C)CC#Cc1ccc([C@H]2[C@H](CO)N3CCCCN(C(=O)c4ccc5c(c4)OCO5)C[C@@H]23)cc1. The lowest BCUT2D eigenvalue weighted by atomic mass is 9.74. The van der Waals surface area contributed by atoms with Crippen molar-refractivity contribution in [2.45, 2.75) is 30.8 Å². The fraction of sp³-hybridized carbons (Fsp3) is 0.464. The molecule has 2 aromatic carbocycles. The van der Waals surface area contributed by atoms with Gasteiger partial charge in [-0.25, -0.2) is 0 Å².